The second-order valence-corrected chi connectivity index (χ2v) is 6.94. The highest BCUT2D eigenvalue weighted by atomic mass is 16.5. The number of nitrogens with zero attached hydrogens (tertiary/aromatic N) is 2. The molecule has 8 nitrogen and oxygen atoms in total. The lowest BCUT2D eigenvalue weighted by atomic mass is 10.2. The van der Waals surface area contributed by atoms with Gasteiger partial charge in [0.05, 0.1) is 25.4 Å². The minimum absolute atomic E-state index is 0.386. The van der Waals surface area contributed by atoms with E-state index in [1.165, 1.54) is 0 Å². The Balaban J connectivity index is 1.42. The van der Waals surface area contributed by atoms with Gasteiger partial charge >= 0.3 is 6.03 Å². The third kappa shape index (κ3) is 4.86. The Bertz CT molecular complexity index is 1240. The summed E-state index contributed by atoms with van der Waals surface area (Å²) in [7, 11) is 3.11. The molecule has 1 aromatic heterocycles. The summed E-state index contributed by atoms with van der Waals surface area (Å²) in [6.45, 7) is 0.544. The molecule has 4 aromatic rings. The van der Waals surface area contributed by atoms with Crippen LogP contribution in [0.3, 0.4) is 0 Å². The normalized spacial score (nSPS) is 10.4. The number of aromatic nitrogens is 2. The zero-order valence-corrected chi connectivity index (χ0v) is 17.8. The van der Waals surface area contributed by atoms with Crippen molar-refractivity contribution in [2.45, 2.75) is 6.54 Å². The van der Waals surface area contributed by atoms with Crippen LogP contribution in [0.25, 0.3) is 10.9 Å². The summed E-state index contributed by atoms with van der Waals surface area (Å²) in [6, 6.07) is 20.2. The number of hydrogen-bond acceptors (Lipinski definition) is 6. The Kier molecular flexibility index (Phi) is 6.31. The average molecular weight is 429 g/mol. The van der Waals surface area contributed by atoms with E-state index in [2.05, 4.69) is 25.9 Å². The second kappa shape index (κ2) is 9.65. The van der Waals surface area contributed by atoms with Gasteiger partial charge in [-0.2, -0.15) is 0 Å². The van der Waals surface area contributed by atoms with Crippen molar-refractivity contribution in [3.8, 4) is 11.5 Å². The van der Waals surface area contributed by atoms with Crippen LogP contribution in [-0.4, -0.2) is 30.2 Å². The first-order valence-electron chi connectivity index (χ1n) is 9.99. The lowest BCUT2D eigenvalue weighted by Crippen LogP contribution is -2.20. The van der Waals surface area contributed by atoms with Crippen LogP contribution in [0.2, 0.25) is 0 Å². The standard InChI is InChI=1S/C24H23N5O3/c1-31-18-10-11-22(32-2)21(13-18)29-24(30)28-17-7-5-6-16(12-17)14-25-23-19-8-3-4-9-20(19)26-15-27-23/h3-13,15H,14H2,1-2H3,(H,25,26,27)(H2,28,29,30). The summed E-state index contributed by atoms with van der Waals surface area (Å²) in [5.74, 6) is 1.92. The number of anilines is 3. The summed E-state index contributed by atoms with van der Waals surface area (Å²) in [5, 5.41) is 9.94. The van der Waals surface area contributed by atoms with Crippen molar-refractivity contribution in [2.75, 3.05) is 30.2 Å². The van der Waals surface area contributed by atoms with E-state index in [4.69, 9.17) is 9.47 Å². The molecule has 3 N–H and O–H groups in total. The molecule has 0 aliphatic heterocycles. The Labute approximate surface area is 185 Å². The van der Waals surface area contributed by atoms with Gasteiger partial charge < -0.3 is 25.4 Å². The molecule has 8 heteroatoms. The fraction of sp³-hybridized carbons (Fsp3) is 0.125. The number of amides is 2. The molecule has 0 unspecified atom stereocenters. The largest absolute Gasteiger partial charge is 0.497 e. The van der Waals surface area contributed by atoms with Crippen molar-refractivity contribution < 1.29 is 14.3 Å². The fourth-order valence-electron chi connectivity index (χ4n) is 3.29. The van der Waals surface area contributed by atoms with Gasteiger partial charge in [0, 0.05) is 23.7 Å². The maximum Gasteiger partial charge on any atom is 0.323 e. The first kappa shape index (κ1) is 20.9. The highest BCUT2D eigenvalue weighted by molar-refractivity contribution is 6.00. The summed E-state index contributed by atoms with van der Waals surface area (Å²) < 4.78 is 10.5. The Hall–Kier alpha value is -4.33. The molecule has 2 amide bonds. The van der Waals surface area contributed by atoms with Crippen molar-refractivity contribution >= 4 is 34.1 Å². The van der Waals surface area contributed by atoms with E-state index in [0.717, 1.165) is 22.3 Å². The van der Waals surface area contributed by atoms with Gasteiger partial charge in [0.25, 0.3) is 0 Å². The number of carbonyl (C=O) groups is 1. The molecule has 4 rings (SSSR count). The van der Waals surface area contributed by atoms with E-state index in [0.29, 0.717) is 29.4 Å². The summed E-state index contributed by atoms with van der Waals surface area (Å²) in [5.41, 5.74) is 3.04. The highest BCUT2D eigenvalue weighted by Crippen LogP contribution is 2.29. The molecule has 0 fully saturated rings. The summed E-state index contributed by atoms with van der Waals surface area (Å²) in [6.07, 6.45) is 1.54. The van der Waals surface area contributed by atoms with E-state index < -0.39 is 0 Å². The van der Waals surface area contributed by atoms with Gasteiger partial charge in [0.1, 0.15) is 23.6 Å². The smallest absolute Gasteiger partial charge is 0.323 e. The minimum Gasteiger partial charge on any atom is -0.497 e. The maximum absolute atomic E-state index is 12.5. The molecule has 0 bridgehead atoms. The summed E-state index contributed by atoms with van der Waals surface area (Å²) >= 11 is 0. The lowest BCUT2D eigenvalue weighted by molar-refractivity contribution is 0.262. The lowest BCUT2D eigenvalue weighted by Gasteiger charge is -2.13. The monoisotopic (exact) mass is 429 g/mol. The molecule has 1 heterocycles. The molecule has 0 radical (unpaired) electrons. The molecule has 0 aliphatic rings. The molecule has 3 aromatic carbocycles. The Morgan fingerprint density at radius 3 is 2.62 bits per heavy atom. The van der Waals surface area contributed by atoms with Crippen molar-refractivity contribution in [2.24, 2.45) is 0 Å². The Morgan fingerprint density at radius 1 is 0.906 bits per heavy atom. The van der Waals surface area contributed by atoms with Gasteiger partial charge in [-0.15, -0.1) is 0 Å². The van der Waals surface area contributed by atoms with Crippen LogP contribution in [0.4, 0.5) is 22.0 Å². The predicted octanol–water partition coefficient (Wildman–Crippen LogP) is 4.90. The number of ether oxygens (including phenoxy) is 2. The topological polar surface area (TPSA) is 97.4 Å². The number of carbonyl (C=O) groups excluding carboxylic acids is 1. The Morgan fingerprint density at radius 2 is 1.78 bits per heavy atom. The third-order valence-corrected chi connectivity index (χ3v) is 4.84. The van der Waals surface area contributed by atoms with Crippen LogP contribution < -0.4 is 25.4 Å². The van der Waals surface area contributed by atoms with Crippen molar-refractivity contribution in [1.82, 2.24) is 9.97 Å². The number of para-hydroxylation sites is 1. The first-order chi connectivity index (χ1) is 15.7. The number of methoxy groups -OCH3 is 2. The molecule has 0 saturated heterocycles. The minimum atomic E-state index is -0.386. The van der Waals surface area contributed by atoms with Crippen LogP contribution in [0, 0.1) is 0 Å². The van der Waals surface area contributed by atoms with Crippen LogP contribution in [-0.2, 0) is 6.54 Å². The van der Waals surface area contributed by atoms with Crippen LogP contribution in [0.5, 0.6) is 11.5 Å². The third-order valence-electron chi connectivity index (χ3n) is 4.84. The SMILES string of the molecule is COc1ccc(OC)c(NC(=O)Nc2cccc(CNc3ncnc4ccccc34)c2)c1. The van der Waals surface area contributed by atoms with E-state index >= 15 is 0 Å². The number of nitrogens with one attached hydrogen (secondary N) is 3. The van der Waals surface area contributed by atoms with E-state index in [9.17, 15) is 4.79 Å². The quantitative estimate of drug-likeness (QED) is 0.386. The second-order valence-electron chi connectivity index (χ2n) is 6.94. The number of fused-ring (bicyclic) bond motifs is 1. The number of urea groups is 1. The van der Waals surface area contributed by atoms with Gasteiger partial charge in [-0.05, 0) is 42.0 Å². The summed E-state index contributed by atoms with van der Waals surface area (Å²) in [4.78, 5) is 21.2. The van der Waals surface area contributed by atoms with Gasteiger partial charge in [-0.3, -0.25) is 0 Å². The number of rotatable bonds is 7. The van der Waals surface area contributed by atoms with Crippen molar-refractivity contribution in [1.29, 1.82) is 0 Å². The van der Waals surface area contributed by atoms with Gasteiger partial charge in [0.15, 0.2) is 0 Å². The molecule has 0 aliphatic carbocycles. The average Bonchev–Trinajstić information content (AvgIpc) is 2.82. The molecule has 0 spiro atoms. The van der Waals surface area contributed by atoms with Gasteiger partial charge in [-0.1, -0.05) is 24.3 Å². The van der Waals surface area contributed by atoms with Crippen LogP contribution >= 0.6 is 0 Å². The van der Waals surface area contributed by atoms with Gasteiger partial charge in [-0.25, -0.2) is 14.8 Å². The zero-order valence-electron chi connectivity index (χ0n) is 17.8. The predicted molar refractivity (Wildman–Crippen MR) is 125 cm³/mol. The maximum atomic E-state index is 12.5. The molecular weight excluding hydrogens is 406 g/mol. The van der Waals surface area contributed by atoms with Crippen LogP contribution in [0.1, 0.15) is 5.56 Å². The first-order valence-corrected chi connectivity index (χ1v) is 9.99. The molecule has 0 saturated carbocycles. The van der Waals surface area contributed by atoms with E-state index in [1.807, 2.05) is 48.5 Å². The molecular formula is C24H23N5O3. The van der Waals surface area contributed by atoms with Crippen LogP contribution in [0.15, 0.2) is 73.1 Å². The number of benzene rings is 3. The van der Waals surface area contributed by atoms with Crippen molar-refractivity contribution in [3.05, 3.63) is 78.6 Å². The van der Waals surface area contributed by atoms with E-state index in [1.54, 1.807) is 38.7 Å². The molecule has 162 valence electrons. The van der Waals surface area contributed by atoms with E-state index in [-0.39, 0.29) is 6.03 Å². The van der Waals surface area contributed by atoms with Crippen molar-refractivity contribution in [3.63, 3.8) is 0 Å². The van der Waals surface area contributed by atoms with Gasteiger partial charge in [0.2, 0.25) is 0 Å². The molecule has 32 heavy (non-hydrogen) atoms. The zero-order chi connectivity index (χ0) is 22.3. The fourth-order valence-corrected chi connectivity index (χ4v) is 3.29. The highest BCUT2D eigenvalue weighted by Gasteiger charge is 2.10. The molecule has 0 atom stereocenters. The number of hydrogen-bond donors (Lipinski definition) is 3.